The summed E-state index contributed by atoms with van der Waals surface area (Å²) < 4.78 is 6.17. The van der Waals surface area contributed by atoms with Crippen molar-refractivity contribution in [3.05, 3.63) is 93.8 Å². The molecule has 0 aliphatic heterocycles. The second-order valence-electron chi connectivity index (χ2n) is 6.81. The molecule has 3 heteroatoms. The van der Waals surface area contributed by atoms with Gasteiger partial charge in [-0.05, 0) is 62.2 Å². The molecule has 0 saturated heterocycles. The molecule has 3 aromatic carbocycles. The first-order valence-corrected chi connectivity index (χ1v) is 9.31. The molecule has 0 saturated carbocycles. The molecular formula is C24H20ClNO. The van der Waals surface area contributed by atoms with Crippen LogP contribution in [0.15, 0.2) is 76.1 Å². The van der Waals surface area contributed by atoms with E-state index in [1.165, 1.54) is 16.7 Å². The SMILES string of the molecule is Cc1ccc2oc(-c3ccccc3Cl)cc(=Nc3cccc(C)c3C)c2c1. The molecule has 2 nitrogen and oxygen atoms in total. The van der Waals surface area contributed by atoms with Gasteiger partial charge in [0.25, 0.3) is 0 Å². The van der Waals surface area contributed by atoms with Crippen molar-refractivity contribution < 1.29 is 4.42 Å². The van der Waals surface area contributed by atoms with Gasteiger partial charge in [-0.25, -0.2) is 4.99 Å². The number of halogens is 1. The van der Waals surface area contributed by atoms with Crippen LogP contribution in [0.5, 0.6) is 0 Å². The summed E-state index contributed by atoms with van der Waals surface area (Å²) in [4.78, 5) is 4.98. The summed E-state index contributed by atoms with van der Waals surface area (Å²) in [7, 11) is 0. The maximum atomic E-state index is 6.40. The van der Waals surface area contributed by atoms with E-state index in [0.717, 1.165) is 27.6 Å². The van der Waals surface area contributed by atoms with E-state index in [-0.39, 0.29) is 0 Å². The maximum Gasteiger partial charge on any atom is 0.138 e. The Bertz CT molecular complexity index is 1220. The third kappa shape index (κ3) is 3.41. The molecular weight excluding hydrogens is 354 g/mol. The lowest BCUT2D eigenvalue weighted by molar-refractivity contribution is 0.618. The highest BCUT2D eigenvalue weighted by Crippen LogP contribution is 2.29. The first kappa shape index (κ1) is 17.6. The number of benzene rings is 3. The smallest absolute Gasteiger partial charge is 0.138 e. The molecule has 134 valence electrons. The highest BCUT2D eigenvalue weighted by Gasteiger charge is 2.10. The van der Waals surface area contributed by atoms with Crippen LogP contribution in [0.4, 0.5) is 5.69 Å². The third-order valence-electron chi connectivity index (χ3n) is 4.86. The van der Waals surface area contributed by atoms with Crippen LogP contribution in [0, 0.1) is 20.8 Å². The van der Waals surface area contributed by atoms with Crippen LogP contribution in [-0.2, 0) is 0 Å². The van der Waals surface area contributed by atoms with Crippen molar-refractivity contribution in [1.29, 1.82) is 0 Å². The Morgan fingerprint density at radius 3 is 2.48 bits per heavy atom. The molecule has 4 rings (SSSR count). The predicted octanol–water partition coefficient (Wildman–Crippen LogP) is 6.91. The summed E-state index contributed by atoms with van der Waals surface area (Å²) in [6.45, 7) is 6.28. The Balaban J connectivity index is 2.06. The molecule has 0 unspecified atom stereocenters. The third-order valence-corrected chi connectivity index (χ3v) is 5.18. The van der Waals surface area contributed by atoms with E-state index in [1.807, 2.05) is 54.6 Å². The van der Waals surface area contributed by atoms with Crippen LogP contribution in [0.2, 0.25) is 5.02 Å². The summed E-state index contributed by atoms with van der Waals surface area (Å²) >= 11 is 6.40. The molecule has 1 heterocycles. The molecule has 0 aliphatic carbocycles. The quantitative estimate of drug-likeness (QED) is 0.374. The van der Waals surface area contributed by atoms with Gasteiger partial charge in [-0.15, -0.1) is 0 Å². The molecule has 27 heavy (non-hydrogen) atoms. The highest BCUT2D eigenvalue weighted by molar-refractivity contribution is 6.33. The van der Waals surface area contributed by atoms with Crippen molar-refractivity contribution in [3.63, 3.8) is 0 Å². The minimum absolute atomic E-state index is 0.658. The lowest BCUT2D eigenvalue weighted by atomic mass is 10.1. The molecule has 0 radical (unpaired) electrons. The normalized spacial score (nSPS) is 11.9. The zero-order chi connectivity index (χ0) is 19.0. The Morgan fingerprint density at radius 1 is 0.852 bits per heavy atom. The summed E-state index contributed by atoms with van der Waals surface area (Å²) in [6, 6.07) is 22.0. The summed E-state index contributed by atoms with van der Waals surface area (Å²) in [6.07, 6.45) is 0. The van der Waals surface area contributed by atoms with E-state index < -0.39 is 0 Å². The number of nitrogens with zero attached hydrogens (tertiary/aromatic N) is 1. The minimum atomic E-state index is 0.658. The van der Waals surface area contributed by atoms with Crippen molar-refractivity contribution in [2.24, 2.45) is 4.99 Å². The molecule has 0 atom stereocenters. The summed E-state index contributed by atoms with van der Waals surface area (Å²) in [5.41, 5.74) is 6.19. The van der Waals surface area contributed by atoms with Crippen molar-refractivity contribution in [2.75, 3.05) is 0 Å². The second-order valence-corrected chi connectivity index (χ2v) is 7.21. The highest BCUT2D eigenvalue weighted by atomic mass is 35.5. The van der Waals surface area contributed by atoms with Crippen LogP contribution in [0.25, 0.3) is 22.3 Å². The van der Waals surface area contributed by atoms with Gasteiger partial charge in [-0.3, -0.25) is 0 Å². The molecule has 4 aromatic rings. The summed E-state index contributed by atoms with van der Waals surface area (Å²) in [5, 5.41) is 2.53. The van der Waals surface area contributed by atoms with E-state index in [1.54, 1.807) is 0 Å². The van der Waals surface area contributed by atoms with E-state index >= 15 is 0 Å². The minimum Gasteiger partial charge on any atom is -0.456 e. The molecule has 0 bridgehead atoms. The molecule has 0 amide bonds. The lowest BCUT2D eigenvalue weighted by Crippen LogP contribution is -2.04. The fourth-order valence-electron chi connectivity index (χ4n) is 3.16. The van der Waals surface area contributed by atoms with E-state index in [9.17, 15) is 0 Å². The van der Waals surface area contributed by atoms with Crippen LogP contribution in [0.3, 0.4) is 0 Å². The van der Waals surface area contributed by atoms with Crippen molar-refractivity contribution in [3.8, 4) is 11.3 Å². The van der Waals surface area contributed by atoms with E-state index in [2.05, 4.69) is 32.9 Å². The van der Waals surface area contributed by atoms with Gasteiger partial charge >= 0.3 is 0 Å². The average molecular weight is 374 g/mol. The zero-order valence-corrected chi connectivity index (χ0v) is 16.3. The maximum absolute atomic E-state index is 6.40. The van der Waals surface area contributed by atoms with Crippen molar-refractivity contribution in [1.82, 2.24) is 0 Å². The largest absolute Gasteiger partial charge is 0.456 e. The molecule has 1 aromatic heterocycles. The molecule has 0 fully saturated rings. The summed E-state index contributed by atoms with van der Waals surface area (Å²) in [5.74, 6) is 0.709. The number of hydrogen-bond donors (Lipinski definition) is 0. The van der Waals surface area contributed by atoms with Crippen LogP contribution in [-0.4, -0.2) is 0 Å². The Labute approximate surface area is 163 Å². The topological polar surface area (TPSA) is 25.5 Å². The van der Waals surface area contributed by atoms with Gasteiger partial charge in [0.2, 0.25) is 0 Å². The van der Waals surface area contributed by atoms with Crippen LogP contribution in [0.1, 0.15) is 16.7 Å². The van der Waals surface area contributed by atoms with Crippen molar-refractivity contribution >= 4 is 28.3 Å². The van der Waals surface area contributed by atoms with Gasteiger partial charge < -0.3 is 4.42 Å². The number of rotatable bonds is 2. The van der Waals surface area contributed by atoms with Gasteiger partial charge in [0.15, 0.2) is 0 Å². The molecule has 0 aliphatic rings. The van der Waals surface area contributed by atoms with Crippen LogP contribution >= 0.6 is 11.6 Å². The van der Waals surface area contributed by atoms with E-state index in [4.69, 9.17) is 21.0 Å². The van der Waals surface area contributed by atoms with Gasteiger partial charge in [0.1, 0.15) is 11.3 Å². The molecule has 0 N–H and O–H groups in total. The fourth-order valence-corrected chi connectivity index (χ4v) is 3.38. The average Bonchev–Trinajstić information content (AvgIpc) is 2.66. The standard InChI is InChI=1S/C24H20ClNO/c1-15-11-12-23-19(13-15)22(26-21-10-6-7-16(2)17(21)3)14-24(27-23)18-8-4-5-9-20(18)25/h4-14H,1-3H3. The van der Waals surface area contributed by atoms with Gasteiger partial charge in [0, 0.05) is 17.0 Å². The Morgan fingerprint density at radius 2 is 1.67 bits per heavy atom. The van der Waals surface area contributed by atoms with Crippen molar-refractivity contribution in [2.45, 2.75) is 20.8 Å². The van der Waals surface area contributed by atoms with Gasteiger partial charge in [-0.1, -0.05) is 47.5 Å². The van der Waals surface area contributed by atoms with E-state index in [0.29, 0.717) is 10.8 Å². The number of fused-ring (bicyclic) bond motifs is 1. The Hall–Kier alpha value is -2.84. The Kier molecular flexibility index (Phi) is 4.59. The zero-order valence-electron chi connectivity index (χ0n) is 15.6. The van der Waals surface area contributed by atoms with Gasteiger partial charge in [0.05, 0.1) is 16.1 Å². The van der Waals surface area contributed by atoms with Crippen LogP contribution < -0.4 is 5.36 Å². The molecule has 0 spiro atoms. The number of hydrogen-bond acceptors (Lipinski definition) is 2. The fraction of sp³-hybridized carbons (Fsp3) is 0.125. The lowest BCUT2D eigenvalue weighted by Gasteiger charge is -2.08. The van der Waals surface area contributed by atoms with Gasteiger partial charge in [-0.2, -0.15) is 0 Å². The second kappa shape index (κ2) is 7.05. The number of aryl methyl sites for hydroxylation is 2. The predicted molar refractivity (Wildman–Crippen MR) is 113 cm³/mol. The monoisotopic (exact) mass is 373 g/mol. The first-order valence-electron chi connectivity index (χ1n) is 8.93. The first-order chi connectivity index (χ1) is 13.0.